The lowest BCUT2D eigenvalue weighted by atomic mass is 10.1. The van der Waals surface area contributed by atoms with Crippen LogP contribution in [0.1, 0.15) is 24.0 Å². The fraction of sp³-hybridized carbons (Fsp3) is 0.261. The summed E-state index contributed by atoms with van der Waals surface area (Å²) in [6, 6.07) is 15.6. The van der Waals surface area contributed by atoms with Crippen molar-refractivity contribution in [1.82, 2.24) is 4.98 Å². The van der Waals surface area contributed by atoms with Crippen molar-refractivity contribution in [2.75, 3.05) is 22.5 Å². The lowest BCUT2D eigenvalue weighted by molar-refractivity contribution is -0.117. The monoisotopic (exact) mass is 405 g/mol. The predicted octanol–water partition coefficient (Wildman–Crippen LogP) is 4.71. The largest absolute Gasteiger partial charge is 0.325 e. The highest BCUT2D eigenvalue weighted by Crippen LogP contribution is 2.26. The second-order valence-electron chi connectivity index (χ2n) is 7.28. The highest BCUT2D eigenvalue weighted by atomic mass is 32.2. The van der Waals surface area contributed by atoms with Crippen molar-refractivity contribution in [2.24, 2.45) is 0 Å². The van der Waals surface area contributed by atoms with Crippen molar-refractivity contribution in [2.45, 2.75) is 31.7 Å². The number of rotatable bonds is 5. The van der Waals surface area contributed by atoms with E-state index in [-0.39, 0.29) is 17.6 Å². The quantitative estimate of drug-likeness (QED) is 0.625. The molecule has 0 aliphatic carbocycles. The van der Waals surface area contributed by atoms with Gasteiger partial charge in [0.25, 0.3) is 0 Å². The average molecular weight is 406 g/mol. The first-order valence-electron chi connectivity index (χ1n) is 9.71. The molecular formula is C23H23N3O2S. The normalized spacial score (nSPS) is 13.9. The SMILES string of the molecule is Cc1cc(SCC(=O)Nc2ccc(N3CCCC3=O)cc2)nc2c(C)cccc12. The third-order valence-corrected chi connectivity index (χ3v) is 6.02. The van der Waals surface area contributed by atoms with Crippen molar-refractivity contribution in [1.29, 1.82) is 0 Å². The Kier molecular flexibility index (Phi) is 5.53. The predicted molar refractivity (Wildman–Crippen MR) is 119 cm³/mol. The molecule has 0 spiro atoms. The molecule has 0 atom stereocenters. The number of nitrogens with zero attached hydrogens (tertiary/aromatic N) is 2. The Balaban J connectivity index is 1.38. The fourth-order valence-corrected chi connectivity index (χ4v) is 4.35. The first-order chi connectivity index (χ1) is 14.0. The summed E-state index contributed by atoms with van der Waals surface area (Å²) in [7, 11) is 0. The van der Waals surface area contributed by atoms with Crippen LogP contribution >= 0.6 is 11.8 Å². The molecule has 2 heterocycles. The summed E-state index contributed by atoms with van der Waals surface area (Å²) >= 11 is 1.43. The van der Waals surface area contributed by atoms with Crippen LogP contribution in [0.3, 0.4) is 0 Å². The number of carbonyl (C=O) groups is 2. The number of benzene rings is 2. The van der Waals surface area contributed by atoms with Crippen LogP contribution in [0.25, 0.3) is 10.9 Å². The molecule has 1 aliphatic rings. The standard InChI is InChI=1S/C23H23N3O2S/c1-15-5-3-6-19-16(2)13-21(25-23(15)19)29-14-20(27)24-17-8-10-18(11-9-17)26-12-4-7-22(26)28/h3,5-6,8-11,13H,4,7,12,14H2,1-2H3,(H,24,27). The Hall–Kier alpha value is -2.86. The number of pyridine rings is 1. The van der Waals surface area contributed by atoms with Gasteiger partial charge in [-0.3, -0.25) is 9.59 Å². The first-order valence-corrected chi connectivity index (χ1v) is 10.7. The Bertz CT molecular complexity index is 1080. The number of hydrogen-bond acceptors (Lipinski definition) is 4. The van der Waals surface area contributed by atoms with Gasteiger partial charge in [-0.1, -0.05) is 30.0 Å². The number of carbonyl (C=O) groups excluding carboxylic acids is 2. The van der Waals surface area contributed by atoms with Crippen LogP contribution < -0.4 is 10.2 Å². The van der Waals surface area contributed by atoms with Gasteiger partial charge in [0, 0.05) is 29.7 Å². The molecule has 0 radical (unpaired) electrons. The summed E-state index contributed by atoms with van der Waals surface area (Å²) in [6.07, 6.45) is 1.51. The minimum atomic E-state index is -0.0793. The van der Waals surface area contributed by atoms with Gasteiger partial charge in [-0.05, 0) is 61.7 Å². The van der Waals surface area contributed by atoms with Gasteiger partial charge in [-0.15, -0.1) is 0 Å². The van der Waals surface area contributed by atoms with Gasteiger partial charge < -0.3 is 10.2 Å². The number of nitrogens with one attached hydrogen (secondary N) is 1. The van der Waals surface area contributed by atoms with Gasteiger partial charge in [0.2, 0.25) is 11.8 Å². The van der Waals surface area contributed by atoms with E-state index < -0.39 is 0 Å². The van der Waals surface area contributed by atoms with E-state index in [4.69, 9.17) is 4.98 Å². The van der Waals surface area contributed by atoms with Crippen LogP contribution in [0.2, 0.25) is 0 Å². The van der Waals surface area contributed by atoms with E-state index in [1.807, 2.05) is 36.4 Å². The Morgan fingerprint density at radius 3 is 2.66 bits per heavy atom. The van der Waals surface area contributed by atoms with E-state index in [0.29, 0.717) is 6.42 Å². The van der Waals surface area contributed by atoms with Crippen LogP contribution in [0, 0.1) is 13.8 Å². The fourth-order valence-electron chi connectivity index (χ4n) is 3.59. The van der Waals surface area contributed by atoms with Gasteiger partial charge in [0.05, 0.1) is 16.3 Å². The topological polar surface area (TPSA) is 62.3 Å². The smallest absolute Gasteiger partial charge is 0.234 e. The Morgan fingerprint density at radius 2 is 1.93 bits per heavy atom. The molecule has 6 heteroatoms. The number of thioether (sulfide) groups is 1. The van der Waals surface area contributed by atoms with Gasteiger partial charge in [-0.2, -0.15) is 0 Å². The highest BCUT2D eigenvalue weighted by Gasteiger charge is 2.21. The maximum absolute atomic E-state index is 12.4. The summed E-state index contributed by atoms with van der Waals surface area (Å²) in [5.74, 6) is 0.367. The maximum Gasteiger partial charge on any atom is 0.234 e. The molecule has 5 nitrogen and oxygen atoms in total. The molecule has 1 aliphatic heterocycles. The minimum Gasteiger partial charge on any atom is -0.325 e. The molecule has 0 unspecified atom stereocenters. The molecule has 0 saturated carbocycles. The molecule has 1 fully saturated rings. The number of aryl methyl sites for hydroxylation is 2. The summed E-state index contributed by atoms with van der Waals surface area (Å²) in [5.41, 5.74) is 4.89. The molecule has 2 aromatic carbocycles. The van der Waals surface area contributed by atoms with Gasteiger partial charge in [0.1, 0.15) is 0 Å². The van der Waals surface area contributed by atoms with Crippen LogP contribution in [-0.2, 0) is 9.59 Å². The average Bonchev–Trinajstić information content (AvgIpc) is 3.14. The van der Waals surface area contributed by atoms with E-state index >= 15 is 0 Å². The minimum absolute atomic E-state index is 0.0793. The van der Waals surface area contributed by atoms with Crippen molar-refractivity contribution >= 4 is 45.9 Å². The van der Waals surface area contributed by atoms with Crippen molar-refractivity contribution in [3.05, 3.63) is 59.7 Å². The van der Waals surface area contributed by atoms with Crippen LogP contribution in [0.5, 0.6) is 0 Å². The lowest BCUT2D eigenvalue weighted by Crippen LogP contribution is -2.23. The lowest BCUT2D eigenvalue weighted by Gasteiger charge is -2.16. The van der Waals surface area contributed by atoms with Gasteiger partial charge in [0.15, 0.2) is 0 Å². The zero-order valence-corrected chi connectivity index (χ0v) is 17.4. The number of aromatic nitrogens is 1. The van der Waals surface area contributed by atoms with Crippen LogP contribution in [-0.4, -0.2) is 29.1 Å². The number of para-hydroxylation sites is 1. The van der Waals surface area contributed by atoms with E-state index in [1.165, 1.54) is 11.8 Å². The number of anilines is 2. The summed E-state index contributed by atoms with van der Waals surface area (Å²) in [6.45, 7) is 4.88. The van der Waals surface area contributed by atoms with Crippen molar-refractivity contribution in [3.8, 4) is 0 Å². The van der Waals surface area contributed by atoms with Crippen molar-refractivity contribution < 1.29 is 9.59 Å². The van der Waals surface area contributed by atoms with E-state index in [9.17, 15) is 9.59 Å². The number of hydrogen-bond donors (Lipinski definition) is 1. The molecule has 4 rings (SSSR count). The maximum atomic E-state index is 12.4. The Morgan fingerprint density at radius 1 is 1.14 bits per heavy atom. The highest BCUT2D eigenvalue weighted by molar-refractivity contribution is 7.99. The third kappa shape index (κ3) is 4.27. The van der Waals surface area contributed by atoms with Crippen LogP contribution in [0.4, 0.5) is 11.4 Å². The van der Waals surface area contributed by atoms with Gasteiger partial charge >= 0.3 is 0 Å². The molecule has 2 amide bonds. The van der Waals surface area contributed by atoms with Crippen molar-refractivity contribution in [3.63, 3.8) is 0 Å². The molecule has 0 bridgehead atoms. The first kappa shape index (κ1) is 19.5. The second-order valence-corrected chi connectivity index (χ2v) is 8.28. The second kappa shape index (κ2) is 8.25. The third-order valence-electron chi connectivity index (χ3n) is 5.11. The zero-order chi connectivity index (χ0) is 20.4. The van der Waals surface area contributed by atoms with Crippen LogP contribution in [0.15, 0.2) is 53.6 Å². The summed E-state index contributed by atoms with van der Waals surface area (Å²) in [5, 5.41) is 4.91. The Labute approximate surface area is 174 Å². The number of fused-ring (bicyclic) bond motifs is 1. The molecule has 1 aromatic heterocycles. The summed E-state index contributed by atoms with van der Waals surface area (Å²) in [4.78, 5) is 30.7. The molecule has 1 N–H and O–H groups in total. The van der Waals surface area contributed by atoms with E-state index in [2.05, 4.69) is 31.3 Å². The van der Waals surface area contributed by atoms with E-state index in [0.717, 1.165) is 51.4 Å². The molecule has 1 saturated heterocycles. The molecule has 29 heavy (non-hydrogen) atoms. The van der Waals surface area contributed by atoms with E-state index in [1.54, 1.807) is 4.90 Å². The summed E-state index contributed by atoms with van der Waals surface area (Å²) < 4.78 is 0. The number of amides is 2. The molecule has 148 valence electrons. The van der Waals surface area contributed by atoms with Gasteiger partial charge in [-0.25, -0.2) is 4.98 Å². The molecular weight excluding hydrogens is 382 g/mol. The molecule has 3 aromatic rings. The zero-order valence-electron chi connectivity index (χ0n) is 16.6.